The standard InChI is InChI=1S/C20H18N4O3S.ClH/c1-27-18-9-13(23-28(2,25)26)3-6-16(18)24-11-12-10-22-14-4-5-15-20(19(12)14)17(24)7-8-21-15;/h3-10,21,23H,11H2,1-2H3;1H. The Balaban J connectivity index is 0.00000205. The van der Waals surface area contributed by atoms with E-state index in [0.717, 1.165) is 39.6 Å². The molecule has 0 atom stereocenters. The van der Waals surface area contributed by atoms with Gasteiger partial charge in [-0.2, -0.15) is 0 Å². The zero-order valence-corrected chi connectivity index (χ0v) is 17.4. The van der Waals surface area contributed by atoms with E-state index in [2.05, 4.69) is 19.6 Å². The smallest absolute Gasteiger partial charge is 0.229 e. The van der Waals surface area contributed by atoms with Crippen molar-refractivity contribution in [2.75, 3.05) is 23.0 Å². The largest absolute Gasteiger partial charge is 0.494 e. The van der Waals surface area contributed by atoms with Gasteiger partial charge >= 0.3 is 0 Å². The van der Waals surface area contributed by atoms with Crippen LogP contribution >= 0.6 is 12.4 Å². The van der Waals surface area contributed by atoms with Crippen molar-refractivity contribution in [2.24, 2.45) is 0 Å². The highest BCUT2D eigenvalue weighted by Crippen LogP contribution is 2.45. The third kappa shape index (κ3) is 3.14. The van der Waals surface area contributed by atoms with Gasteiger partial charge in [0, 0.05) is 40.3 Å². The van der Waals surface area contributed by atoms with Crippen molar-refractivity contribution in [3.8, 4) is 5.75 Å². The van der Waals surface area contributed by atoms with Gasteiger partial charge in [0.1, 0.15) is 5.75 Å². The first-order chi connectivity index (χ1) is 13.4. The maximum absolute atomic E-state index is 11.6. The van der Waals surface area contributed by atoms with Crippen LogP contribution in [0.4, 0.5) is 17.1 Å². The number of pyridine rings is 1. The Kier molecular flexibility index (Phi) is 4.55. The quantitative estimate of drug-likeness (QED) is 0.507. The molecular weight excluding hydrogens is 412 g/mol. The normalized spacial score (nSPS) is 13.0. The highest BCUT2D eigenvalue weighted by molar-refractivity contribution is 7.92. The van der Waals surface area contributed by atoms with Gasteiger partial charge in [-0.15, -0.1) is 12.4 Å². The predicted octanol–water partition coefficient (Wildman–Crippen LogP) is 4.17. The molecule has 1 aliphatic heterocycles. The predicted molar refractivity (Wildman–Crippen MR) is 118 cm³/mol. The molecule has 150 valence electrons. The van der Waals surface area contributed by atoms with E-state index in [1.54, 1.807) is 19.2 Å². The maximum atomic E-state index is 11.6. The van der Waals surface area contributed by atoms with E-state index in [0.29, 0.717) is 18.0 Å². The number of aromatic nitrogens is 2. The summed E-state index contributed by atoms with van der Waals surface area (Å²) in [6.45, 7) is 0.655. The first kappa shape index (κ1) is 19.4. The molecule has 0 amide bonds. The molecule has 0 saturated heterocycles. The van der Waals surface area contributed by atoms with Gasteiger partial charge in [-0.1, -0.05) is 0 Å². The molecule has 2 N–H and O–H groups in total. The van der Waals surface area contributed by atoms with Crippen molar-refractivity contribution >= 4 is 61.3 Å². The number of ether oxygens (including phenoxy) is 1. The number of rotatable bonds is 4. The molecule has 0 fully saturated rings. The van der Waals surface area contributed by atoms with Gasteiger partial charge in [0.25, 0.3) is 0 Å². The fraction of sp³-hybridized carbons (Fsp3) is 0.150. The number of sulfonamides is 1. The summed E-state index contributed by atoms with van der Waals surface area (Å²) in [5.41, 5.74) is 5.55. The number of hydrogen-bond acceptors (Lipinski definition) is 5. The molecule has 0 bridgehead atoms. The second-order valence-electron chi connectivity index (χ2n) is 6.88. The van der Waals surface area contributed by atoms with Crippen LogP contribution < -0.4 is 14.4 Å². The first-order valence-electron chi connectivity index (χ1n) is 8.75. The number of anilines is 3. The number of methoxy groups -OCH3 is 1. The Morgan fingerprint density at radius 1 is 1.14 bits per heavy atom. The van der Waals surface area contributed by atoms with Crippen LogP contribution in [-0.2, 0) is 16.6 Å². The lowest BCUT2D eigenvalue weighted by Crippen LogP contribution is -2.20. The van der Waals surface area contributed by atoms with Crippen molar-refractivity contribution in [1.29, 1.82) is 0 Å². The second kappa shape index (κ2) is 6.82. The average molecular weight is 431 g/mol. The second-order valence-corrected chi connectivity index (χ2v) is 8.62. The monoisotopic (exact) mass is 430 g/mol. The van der Waals surface area contributed by atoms with E-state index in [1.165, 1.54) is 5.39 Å². The molecule has 29 heavy (non-hydrogen) atoms. The van der Waals surface area contributed by atoms with Crippen molar-refractivity contribution in [3.05, 3.63) is 54.4 Å². The number of halogens is 1. The molecule has 7 nitrogen and oxygen atoms in total. The molecule has 2 aromatic heterocycles. The molecule has 2 aromatic carbocycles. The highest BCUT2D eigenvalue weighted by atomic mass is 35.5. The van der Waals surface area contributed by atoms with Gasteiger partial charge in [-0.3, -0.25) is 9.71 Å². The van der Waals surface area contributed by atoms with Crippen LogP contribution in [-0.4, -0.2) is 31.8 Å². The van der Waals surface area contributed by atoms with Crippen molar-refractivity contribution in [1.82, 2.24) is 9.97 Å². The highest BCUT2D eigenvalue weighted by Gasteiger charge is 2.25. The summed E-state index contributed by atoms with van der Waals surface area (Å²) in [6.07, 6.45) is 4.96. The van der Waals surface area contributed by atoms with Gasteiger partial charge in [0.2, 0.25) is 10.0 Å². The fourth-order valence-corrected chi connectivity index (χ4v) is 4.46. The number of H-pyrrole nitrogens is 1. The minimum atomic E-state index is -3.36. The minimum Gasteiger partial charge on any atom is -0.494 e. The number of nitrogens with zero attached hydrogens (tertiary/aromatic N) is 2. The summed E-state index contributed by atoms with van der Waals surface area (Å²) in [5.74, 6) is 0.588. The lowest BCUT2D eigenvalue weighted by atomic mass is 9.99. The lowest BCUT2D eigenvalue weighted by molar-refractivity contribution is 0.415. The SMILES string of the molecule is COc1cc(NS(C)(=O)=O)ccc1N1Cc2cnc3ccc4[nH]ccc1c4c23.Cl. The Hall–Kier alpha value is -2.97. The average Bonchev–Trinajstić information content (AvgIpc) is 3.09. The van der Waals surface area contributed by atoms with E-state index in [-0.39, 0.29) is 12.4 Å². The number of benzene rings is 2. The zero-order chi connectivity index (χ0) is 19.5. The van der Waals surface area contributed by atoms with E-state index < -0.39 is 10.0 Å². The van der Waals surface area contributed by atoms with E-state index in [4.69, 9.17) is 4.74 Å². The summed E-state index contributed by atoms with van der Waals surface area (Å²) in [4.78, 5) is 10.0. The molecule has 0 spiro atoms. The Labute approximate surface area is 174 Å². The van der Waals surface area contributed by atoms with Crippen LogP contribution in [0.2, 0.25) is 0 Å². The summed E-state index contributed by atoms with van der Waals surface area (Å²) in [6, 6.07) is 11.4. The molecule has 0 unspecified atom stereocenters. The van der Waals surface area contributed by atoms with Gasteiger partial charge in [-0.05, 0) is 30.3 Å². The molecular formula is C20H19ClN4O3S. The Morgan fingerprint density at radius 3 is 2.72 bits per heavy atom. The molecule has 0 saturated carbocycles. The van der Waals surface area contributed by atoms with Gasteiger partial charge in [0.15, 0.2) is 0 Å². The molecule has 3 heterocycles. The van der Waals surface area contributed by atoms with E-state index >= 15 is 0 Å². The van der Waals surface area contributed by atoms with Gasteiger partial charge < -0.3 is 14.6 Å². The number of aromatic amines is 1. The van der Waals surface area contributed by atoms with E-state index in [1.807, 2.05) is 36.7 Å². The third-order valence-electron chi connectivity index (χ3n) is 4.99. The van der Waals surface area contributed by atoms with Crippen LogP contribution in [0, 0.1) is 0 Å². The number of hydrogen-bond donors (Lipinski definition) is 2. The zero-order valence-electron chi connectivity index (χ0n) is 15.8. The number of nitrogens with one attached hydrogen (secondary N) is 2. The molecule has 4 aromatic rings. The van der Waals surface area contributed by atoms with Crippen LogP contribution in [0.25, 0.3) is 21.8 Å². The summed E-state index contributed by atoms with van der Waals surface area (Å²) >= 11 is 0. The summed E-state index contributed by atoms with van der Waals surface area (Å²) in [7, 11) is -1.78. The lowest BCUT2D eigenvalue weighted by Gasteiger charge is -2.31. The summed E-state index contributed by atoms with van der Waals surface area (Å²) in [5, 5.41) is 2.30. The van der Waals surface area contributed by atoms with Gasteiger partial charge in [-0.25, -0.2) is 8.42 Å². The van der Waals surface area contributed by atoms with Crippen LogP contribution in [0.5, 0.6) is 5.75 Å². The van der Waals surface area contributed by atoms with Crippen LogP contribution in [0.1, 0.15) is 5.56 Å². The van der Waals surface area contributed by atoms with E-state index in [9.17, 15) is 8.42 Å². The Bertz CT molecular complexity index is 1350. The molecule has 0 aliphatic carbocycles. The van der Waals surface area contributed by atoms with Gasteiger partial charge in [0.05, 0.1) is 42.5 Å². The molecule has 9 heteroatoms. The van der Waals surface area contributed by atoms with Crippen molar-refractivity contribution < 1.29 is 13.2 Å². The Morgan fingerprint density at radius 2 is 1.97 bits per heavy atom. The van der Waals surface area contributed by atoms with Crippen LogP contribution in [0.15, 0.2) is 48.8 Å². The third-order valence-corrected chi connectivity index (χ3v) is 5.60. The fourth-order valence-electron chi connectivity index (χ4n) is 3.91. The van der Waals surface area contributed by atoms with Crippen LogP contribution in [0.3, 0.4) is 0 Å². The van der Waals surface area contributed by atoms with Crippen molar-refractivity contribution in [3.63, 3.8) is 0 Å². The first-order valence-corrected chi connectivity index (χ1v) is 10.6. The molecule has 5 rings (SSSR count). The molecule has 0 radical (unpaired) electrons. The maximum Gasteiger partial charge on any atom is 0.229 e. The van der Waals surface area contributed by atoms with Crippen molar-refractivity contribution in [2.45, 2.75) is 6.54 Å². The minimum absolute atomic E-state index is 0. The molecule has 1 aliphatic rings. The topological polar surface area (TPSA) is 87.3 Å². The summed E-state index contributed by atoms with van der Waals surface area (Å²) < 4.78 is 31.2.